The minimum Gasteiger partial charge on any atom is -0.474 e. The zero-order valence-electron chi connectivity index (χ0n) is 13.3. The van der Waals surface area contributed by atoms with Crippen LogP contribution in [0.2, 0.25) is 0 Å². The molecule has 0 aliphatic carbocycles. The van der Waals surface area contributed by atoms with Crippen LogP contribution in [-0.2, 0) is 11.3 Å². The van der Waals surface area contributed by atoms with Crippen molar-refractivity contribution in [2.45, 2.75) is 19.6 Å². The van der Waals surface area contributed by atoms with Gasteiger partial charge in [-0.3, -0.25) is 14.9 Å². The minimum atomic E-state index is -0.987. The van der Waals surface area contributed by atoms with Crippen molar-refractivity contribution in [2.24, 2.45) is 0 Å². The standard InChI is InChI=1S/C17H17FN2O4/c1-12(17(21)19(2)11-13-6-4-3-5-7-13)24-16-10-14(18)8-9-15(16)20(22)23/h3-10,12H,11H2,1-2H3/t12-/m0/s1. The van der Waals surface area contributed by atoms with Gasteiger partial charge in [-0.05, 0) is 18.6 Å². The van der Waals surface area contributed by atoms with E-state index in [1.807, 2.05) is 30.3 Å². The number of hydrogen-bond acceptors (Lipinski definition) is 4. The van der Waals surface area contributed by atoms with Crippen LogP contribution < -0.4 is 4.74 Å². The van der Waals surface area contributed by atoms with Crippen LogP contribution in [0.5, 0.6) is 5.75 Å². The van der Waals surface area contributed by atoms with Crippen LogP contribution in [0, 0.1) is 15.9 Å². The fraction of sp³-hybridized carbons (Fsp3) is 0.235. The van der Waals surface area contributed by atoms with Crippen LogP contribution in [0.25, 0.3) is 0 Å². The Kier molecular flexibility index (Phi) is 5.47. The summed E-state index contributed by atoms with van der Waals surface area (Å²) < 4.78 is 18.6. The van der Waals surface area contributed by atoms with Gasteiger partial charge in [-0.25, -0.2) is 4.39 Å². The highest BCUT2D eigenvalue weighted by atomic mass is 19.1. The van der Waals surface area contributed by atoms with E-state index >= 15 is 0 Å². The molecular weight excluding hydrogens is 315 g/mol. The molecule has 0 aliphatic heterocycles. The Bertz CT molecular complexity index is 737. The highest BCUT2D eigenvalue weighted by Gasteiger charge is 2.24. The van der Waals surface area contributed by atoms with Gasteiger partial charge in [0.05, 0.1) is 4.92 Å². The lowest BCUT2D eigenvalue weighted by Gasteiger charge is -2.22. The number of ether oxygens (including phenoxy) is 1. The molecule has 6 nitrogen and oxygen atoms in total. The van der Waals surface area contributed by atoms with Crippen molar-refractivity contribution in [3.63, 3.8) is 0 Å². The van der Waals surface area contributed by atoms with E-state index in [1.165, 1.54) is 11.8 Å². The largest absolute Gasteiger partial charge is 0.474 e. The molecule has 0 N–H and O–H groups in total. The van der Waals surface area contributed by atoms with Gasteiger partial charge in [-0.15, -0.1) is 0 Å². The highest BCUT2D eigenvalue weighted by molar-refractivity contribution is 5.80. The van der Waals surface area contributed by atoms with E-state index in [2.05, 4.69) is 0 Å². The summed E-state index contributed by atoms with van der Waals surface area (Å²) in [6.07, 6.45) is -0.987. The molecule has 2 aromatic carbocycles. The second kappa shape index (κ2) is 7.54. The van der Waals surface area contributed by atoms with Crippen molar-refractivity contribution in [1.29, 1.82) is 0 Å². The first-order valence-electron chi connectivity index (χ1n) is 7.28. The van der Waals surface area contributed by atoms with Gasteiger partial charge in [0.2, 0.25) is 5.75 Å². The third-order valence-electron chi connectivity index (χ3n) is 3.41. The predicted octanol–water partition coefficient (Wildman–Crippen LogP) is 3.16. The van der Waals surface area contributed by atoms with E-state index in [0.29, 0.717) is 6.54 Å². The Balaban J connectivity index is 2.09. The molecule has 0 saturated heterocycles. The number of hydrogen-bond donors (Lipinski definition) is 0. The fourth-order valence-electron chi connectivity index (χ4n) is 2.22. The molecule has 0 fully saturated rings. The first-order valence-corrected chi connectivity index (χ1v) is 7.28. The summed E-state index contributed by atoms with van der Waals surface area (Å²) in [4.78, 5) is 24.1. The molecular formula is C17H17FN2O4. The van der Waals surface area contributed by atoms with Gasteiger partial charge in [0.1, 0.15) is 5.82 Å². The van der Waals surface area contributed by atoms with Gasteiger partial charge in [0.25, 0.3) is 5.91 Å². The molecule has 0 radical (unpaired) electrons. The zero-order valence-corrected chi connectivity index (χ0v) is 13.3. The third kappa shape index (κ3) is 4.28. The summed E-state index contributed by atoms with van der Waals surface area (Å²) in [5.74, 6) is -1.31. The number of nitro groups is 1. The van der Waals surface area contributed by atoms with Crippen LogP contribution in [0.1, 0.15) is 12.5 Å². The number of carbonyl (C=O) groups excluding carboxylic acids is 1. The Hall–Kier alpha value is -2.96. The van der Waals surface area contributed by atoms with Gasteiger partial charge >= 0.3 is 5.69 Å². The molecule has 0 spiro atoms. The van der Waals surface area contributed by atoms with Crippen LogP contribution >= 0.6 is 0 Å². The summed E-state index contributed by atoms with van der Waals surface area (Å²) in [6.45, 7) is 1.84. The number of nitro benzene ring substituents is 1. The van der Waals surface area contributed by atoms with Crippen molar-refractivity contribution in [1.82, 2.24) is 4.90 Å². The number of benzene rings is 2. The average molecular weight is 332 g/mol. The maximum atomic E-state index is 13.3. The molecule has 1 amide bonds. The van der Waals surface area contributed by atoms with E-state index in [4.69, 9.17) is 4.74 Å². The number of amides is 1. The molecule has 1 atom stereocenters. The number of halogens is 1. The van der Waals surface area contributed by atoms with E-state index in [1.54, 1.807) is 7.05 Å². The molecule has 2 aromatic rings. The maximum absolute atomic E-state index is 13.3. The molecule has 0 bridgehead atoms. The lowest BCUT2D eigenvalue weighted by Crippen LogP contribution is -2.37. The van der Waals surface area contributed by atoms with Crippen LogP contribution in [-0.4, -0.2) is 28.9 Å². The van der Waals surface area contributed by atoms with Gasteiger partial charge in [0.15, 0.2) is 6.10 Å². The average Bonchev–Trinajstić information content (AvgIpc) is 2.54. The molecule has 0 heterocycles. The topological polar surface area (TPSA) is 72.7 Å². The molecule has 0 aromatic heterocycles. The SMILES string of the molecule is C[C@H](Oc1cc(F)ccc1[N+](=O)[O-])C(=O)N(C)Cc1ccccc1. The summed E-state index contributed by atoms with van der Waals surface area (Å²) >= 11 is 0. The van der Waals surface area contributed by atoms with Crippen molar-refractivity contribution < 1.29 is 18.8 Å². The van der Waals surface area contributed by atoms with Crippen molar-refractivity contribution >= 4 is 11.6 Å². The number of likely N-dealkylation sites (N-methyl/N-ethyl adjacent to an activating group) is 1. The molecule has 0 saturated carbocycles. The van der Waals surface area contributed by atoms with Crippen molar-refractivity contribution in [2.75, 3.05) is 7.05 Å². The van der Waals surface area contributed by atoms with Gasteiger partial charge in [-0.2, -0.15) is 0 Å². The Morgan fingerprint density at radius 2 is 1.96 bits per heavy atom. The predicted molar refractivity (Wildman–Crippen MR) is 86.1 cm³/mol. The summed E-state index contributed by atoms with van der Waals surface area (Å²) in [5.41, 5.74) is 0.555. The van der Waals surface area contributed by atoms with Gasteiger partial charge in [-0.1, -0.05) is 30.3 Å². The molecule has 7 heteroatoms. The smallest absolute Gasteiger partial charge is 0.311 e. The van der Waals surface area contributed by atoms with Gasteiger partial charge < -0.3 is 9.64 Å². The van der Waals surface area contributed by atoms with E-state index in [-0.39, 0.29) is 17.3 Å². The Morgan fingerprint density at radius 1 is 1.29 bits per heavy atom. The second-order valence-electron chi connectivity index (χ2n) is 5.31. The summed E-state index contributed by atoms with van der Waals surface area (Å²) in [7, 11) is 1.61. The third-order valence-corrected chi connectivity index (χ3v) is 3.41. The normalized spacial score (nSPS) is 11.6. The first kappa shape index (κ1) is 17.4. The molecule has 24 heavy (non-hydrogen) atoms. The monoisotopic (exact) mass is 332 g/mol. The summed E-state index contributed by atoms with van der Waals surface area (Å²) in [5, 5.41) is 11.0. The number of carbonyl (C=O) groups is 1. The van der Waals surface area contributed by atoms with E-state index < -0.39 is 16.8 Å². The lowest BCUT2D eigenvalue weighted by atomic mass is 10.2. The lowest BCUT2D eigenvalue weighted by molar-refractivity contribution is -0.386. The molecule has 2 rings (SSSR count). The van der Waals surface area contributed by atoms with Crippen molar-refractivity contribution in [3.8, 4) is 5.75 Å². The summed E-state index contributed by atoms with van der Waals surface area (Å²) in [6, 6.07) is 12.3. The molecule has 0 aliphatic rings. The second-order valence-corrected chi connectivity index (χ2v) is 5.31. The number of rotatable bonds is 6. The first-order chi connectivity index (χ1) is 11.4. The number of nitrogens with zero attached hydrogens (tertiary/aromatic N) is 2. The van der Waals surface area contributed by atoms with Crippen LogP contribution in [0.3, 0.4) is 0 Å². The Labute approximate surface area is 138 Å². The van der Waals surface area contributed by atoms with Crippen molar-refractivity contribution in [3.05, 3.63) is 70.0 Å². The minimum absolute atomic E-state index is 0.269. The maximum Gasteiger partial charge on any atom is 0.311 e. The highest BCUT2D eigenvalue weighted by Crippen LogP contribution is 2.28. The molecule has 126 valence electrons. The van der Waals surface area contributed by atoms with Crippen LogP contribution in [0.15, 0.2) is 48.5 Å². The van der Waals surface area contributed by atoms with E-state index in [9.17, 15) is 19.3 Å². The molecule has 0 unspecified atom stereocenters. The Morgan fingerprint density at radius 3 is 2.58 bits per heavy atom. The zero-order chi connectivity index (χ0) is 17.7. The van der Waals surface area contributed by atoms with E-state index in [0.717, 1.165) is 23.8 Å². The quantitative estimate of drug-likeness (QED) is 0.602. The van der Waals surface area contributed by atoms with Gasteiger partial charge in [0, 0.05) is 25.7 Å². The van der Waals surface area contributed by atoms with Crippen LogP contribution in [0.4, 0.5) is 10.1 Å². The fourth-order valence-corrected chi connectivity index (χ4v) is 2.22.